The summed E-state index contributed by atoms with van der Waals surface area (Å²) in [6.07, 6.45) is 0. The van der Waals surface area contributed by atoms with Crippen molar-refractivity contribution in [3.63, 3.8) is 0 Å². The maximum absolute atomic E-state index is 2.44. The first kappa shape index (κ1) is 52.7. The van der Waals surface area contributed by atoms with Crippen LogP contribution in [0.15, 0.2) is 334 Å². The van der Waals surface area contributed by atoms with E-state index in [4.69, 9.17) is 0 Å². The average molecular weight is 1180 g/mol. The Morgan fingerprint density at radius 3 is 1.06 bits per heavy atom. The van der Waals surface area contributed by atoms with Gasteiger partial charge in [0.1, 0.15) is 0 Å². The maximum Gasteiger partial charge on any atom is 0.0547 e. The first-order chi connectivity index (χ1) is 46.0. The maximum atomic E-state index is 2.44. The molecule has 0 fully saturated rings. The summed E-state index contributed by atoms with van der Waals surface area (Å²) in [7, 11) is 0. The van der Waals surface area contributed by atoms with E-state index < -0.39 is 0 Å². The molecule has 0 aliphatic rings. The molecule has 4 heteroatoms. The summed E-state index contributed by atoms with van der Waals surface area (Å²) >= 11 is 0. The van der Waals surface area contributed by atoms with E-state index in [9.17, 15) is 0 Å². The van der Waals surface area contributed by atoms with Gasteiger partial charge in [-0.3, -0.25) is 0 Å². The van der Waals surface area contributed by atoms with Gasteiger partial charge < -0.3 is 18.3 Å². The third kappa shape index (κ3) is 8.53. The fourth-order valence-electron chi connectivity index (χ4n) is 15.1. The lowest BCUT2D eigenvalue weighted by atomic mass is 9.98. The number of nitrogens with zero attached hydrogens (tertiary/aromatic N) is 4. The van der Waals surface area contributed by atoms with E-state index in [0.717, 1.165) is 33.9 Å². The Morgan fingerprint density at radius 1 is 0.161 bits per heavy atom. The highest BCUT2D eigenvalue weighted by molar-refractivity contribution is 6.15. The molecule has 15 aromatic carbocycles. The number of aromatic nitrogens is 4. The van der Waals surface area contributed by atoms with Gasteiger partial charge in [-0.15, -0.1) is 0 Å². The molecule has 0 spiro atoms. The molecule has 4 heterocycles. The third-order valence-electron chi connectivity index (χ3n) is 19.6. The lowest BCUT2D eigenvalue weighted by Crippen LogP contribution is -1.95. The first-order valence-electron chi connectivity index (χ1n) is 32.1. The van der Waals surface area contributed by atoms with Crippen molar-refractivity contribution in [2.24, 2.45) is 0 Å². The lowest BCUT2D eigenvalue weighted by molar-refractivity contribution is 1.18. The minimum absolute atomic E-state index is 1.13. The summed E-state index contributed by atoms with van der Waals surface area (Å²) in [4.78, 5) is 0. The van der Waals surface area contributed by atoms with Crippen molar-refractivity contribution in [1.29, 1.82) is 0 Å². The molecule has 0 amide bonds. The zero-order chi connectivity index (χ0) is 61.3. The second kappa shape index (κ2) is 20.9. The van der Waals surface area contributed by atoms with Gasteiger partial charge in [-0.2, -0.15) is 0 Å². The lowest BCUT2D eigenvalue weighted by Gasteiger charge is -2.12. The van der Waals surface area contributed by atoms with Crippen LogP contribution in [0.1, 0.15) is 5.56 Å². The highest BCUT2D eigenvalue weighted by Gasteiger charge is 2.21. The van der Waals surface area contributed by atoms with Crippen molar-refractivity contribution < 1.29 is 0 Å². The van der Waals surface area contributed by atoms with Gasteiger partial charge in [0.15, 0.2) is 0 Å². The minimum atomic E-state index is 1.13. The third-order valence-corrected chi connectivity index (χ3v) is 19.6. The van der Waals surface area contributed by atoms with Crippen molar-refractivity contribution in [3.8, 4) is 78.4 Å². The topological polar surface area (TPSA) is 19.7 Å². The predicted molar refractivity (Wildman–Crippen MR) is 393 cm³/mol. The largest absolute Gasteiger partial charge is 0.309 e. The number of fused-ring (bicyclic) bond motifs is 13. The molecule has 0 aliphatic heterocycles. The molecule has 19 rings (SSSR count). The first-order valence-corrected chi connectivity index (χ1v) is 32.1. The number of para-hydroxylation sites is 3. The molecule has 93 heavy (non-hydrogen) atoms. The molecular weight excluding hydrogens is 1130 g/mol. The quantitative estimate of drug-likeness (QED) is 0.137. The van der Waals surface area contributed by atoms with Gasteiger partial charge in [-0.05, 0) is 207 Å². The van der Waals surface area contributed by atoms with Crippen LogP contribution in [0.25, 0.3) is 176 Å². The standard InChI is InChI=1S/C89H58N4/c1-57-30-43-84-77(48-57)81-55-68(39-47-88(81)93(84)73-25-14-20-62(50-73)58-16-4-2-5-17-58)66-36-44-85-78(52-66)74-26-10-12-28-82(74)90(85)71-40-33-60(34-41-71)63-21-15-24-72(51-63)92-83-29-13-11-27-75(83)79-53-65(38-46-87(79)92)67-37-45-86-80(54-67)76-42-35-69(56-89(76)91(86)70-22-6-3-7-23-70)64-32-31-59-18-8-9-19-61(59)49-64/h2-56H,1H3. The molecule has 4 nitrogen and oxygen atoms in total. The van der Waals surface area contributed by atoms with Crippen molar-refractivity contribution in [2.45, 2.75) is 6.92 Å². The Bertz CT molecular complexity index is 6230. The van der Waals surface area contributed by atoms with Crippen LogP contribution in [0.3, 0.4) is 0 Å². The summed E-state index contributed by atoms with van der Waals surface area (Å²) in [6.45, 7) is 2.19. The van der Waals surface area contributed by atoms with Crippen LogP contribution >= 0.6 is 0 Å². The van der Waals surface area contributed by atoms with Crippen molar-refractivity contribution in [2.75, 3.05) is 0 Å². The highest BCUT2D eigenvalue weighted by atomic mass is 15.0. The molecule has 4 aromatic heterocycles. The average Bonchev–Trinajstić information content (AvgIpc) is 1.64. The van der Waals surface area contributed by atoms with E-state index in [2.05, 4.69) is 359 Å². The number of benzene rings is 15. The van der Waals surface area contributed by atoms with Gasteiger partial charge >= 0.3 is 0 Å². The molecule has 0 N–H and O–H groups in total. The van der Waals surface area contributed by atoms with Crippen LogP contribution in [0.2, 0.25) is 0 Å². The highest BCUT2D eigenvalue weighted by Crippen LogP contribution is 2.43. The van der Waals surface area contributed by atoms with Crippen molar-refractivity contribution in [1.82, 2.24) is 18.3 Å². The zero-order valence-electron chi connectivity index (χ0n) is 51.0. The Kier molecular flexibility index (Phi) is 11.9. The van der Waals surface area contributed by atoms with Gasteiger partial charge in [0.2, 0.25) is 0 Å². The molecule has 0 saturated heterocycles. The fourth-order valence-corrected chi connectivity index (χ4v) is 15.1. The molecule has 0 unspecified atom stereocenters. The van der Waals surface area contributed by atoms with Crippen LogP contribution < -0.4 is 0 Å². The van der Waals surface area contributed by atoms with Crippen molar-refractivity contribution in [3.05, 3.63) is 339 Å². The van der Waals surface area contributed by atoms with Gasteiger partial charge in [0.25, 0.3) is 0 Å². The Morgan fingerprint density at radius 2 is 0.495 bits per heavy atom. The van der Waals surface area contributed by atoms with Gasteiger partial charge in [0, 0.05) is 65.8 Å². The summed E-state index contributed by atoms with van der Waals surface area (Å²) in [5, 5.41) is 12.4. The van der Waals surface area contributed by atoms with Crippen molar-refractivity contribution >= 4 is 98.0 Å². The second-order valence-electron chi connectivity index (χ2n) is 25.0. The SMILES string of the molecule is Cc1ccc2c(c1)c1cc(-c3ccc4c(c3)c3ccccc3n4-c3ccc(-c4cccc(-n5c6ccccc6c6cc(-c7ccc8c(c7)c7ccc(-c9ccc%10ccccc%10c9)cc7n8-c7ccccc7)ccc65)c4)cc3)ccc1n2-c1cccc(-c2ccccc2)c1. The van der Waals surface area contributed by atoms with E-state index >= 15 is 0 Å². The molecule has 0 radical (unpaired) electrons. The number of aryl methyl sites for hydroxylation is 1. The summed E-state index contributed by atoms with van der Waals surface area (Å²) in [5.41, 5.74) is 27.2. The Balaban J connectivity index is 0.652. The van der Waals surface area contributed by atoms with E-state index in [1.165, 1.54) is 148 Å². The Hall–Kier alpha value is -12.2. The van der Waals surface area contributed by atoms with E-state index in [-0.39, 0.29) is 0 Å². The normalized spacial score (nSPS) is 11.9. The number of hydrogen-bond donors (Lipinski definition) is 0. The summed E-state index contributed by atoms with van der Waals surface area (Å²) in [6, 6.07) is 123. The van der Waals surface area contributed by atoms with Crippen LogP contribution in [0.5, 0.6) is 0 Å². The predicted octanol–water partition coefficient (Wildman–Crippen LogP) is 23.9. The minimum Gasteiger partial charge on any atom is -0.309 e. The van der Waals surface area contributed by atoms with Crippen LogP contribution in [-0.2, 0) is 0 Å². The molecular formula is C89H58N4. The van der Waals surface area contributed by atoms with E-state index in [1.54, 1.807) is 0 Å². The summed E-state index contributed by atoms with van der Waals surface area (Å²) in [5.74, 6) is 0. The fraction of sp³-hybridized carbons (Fsp3) is 0.0112. The smallest absolute Gasteiger partial charge is 0.0547 e. The molecule has 0 aliphatic carbocycles. The molecule has 434 valence electrons. The van der Waals surface area contributed by atoms with E-state index in [0.29, 0.717) is 0 Å². The molecule has 19 aromatic rings. The Labute approximate surface area is 537 Å². The van der Waals surface area contributed by atoms with Gasteiger partial charge in [0.05, 0.1) is 44.1 Å². The molecule has 0 atom stereocenters. The molecule has 0 bridgehead atoms. The second-order valence-corrected chi connectivity index (χ2v) is 25.0. The van der Waals surface area contributed by atoms with Gasteiger partial charge in [-0.1, -0.05) is 206 Å². The zero-order valence-corrected chi connectivity index (χ0v) is 51.0. The van der Waals surface area contributed by atoms with Gasteiger partial charge in [-0.25, -0.2) is 0 Å². The number of rotatable bonds is 9. The van der Waals surface area contributed by atoms with Crippen LogP contribution in [-0.4, -0.2) is 18.3 Å². The molecule has 0 saturated carbocycles. The van der Waals surface area contributed by atoms with E-state index in [1.807, 2.05) is 0 Å². The monoisotopic (exact) mass is 1180 g/mol. The number of hydrogen-bond acceptors (Lipinski definition) is 0. The van der Waals surface area contributed by atoms with Crippen LogP contribution in [0, 0.1) is 6.92 Å². The van der Waals surface area contributed by atoms with Crippen LogP contribution in [0.4, 0.5) is 0 Å². The summed E-state index contributed by atoms with van der Waals surface area (Å²) < 4.78 is 9.71.